The van der Waals surface area contributed by atoms with Gasteiger partial charge in [0.25, 0.3) is 5.91 Å². The van der Waals surface area contributed by atoms with Crippen molar-refractivity contribution in [2.24, 2.45) is 0 Å². The first-order valence-electron chi connectivity index (χ1n) is 7.48. The number of hydrogen-bond acceptors (Lipinski definition) is 5. The summed E-state index contributed by atoms with van der Waals surface area (Å²) >= 11 is 10.5. The minimum absolute atomic E-state index is 0.196. The Morgan fingerprint density at radius 3 is 2.68 bits per heavy atom. The molecular formula is C17H17BrClNO4S. The molecular weight excluding hydrogens is 430 g/mol. The molecule has 1 amide bonds. The first-order valence-corrected chi connectivity index (χ1v) is 9.47. The highest BCUT2D eigenvalue weighted by Gasteiger charge is 2.22. The van der Waals surface area contributed by atoms with Crippen molar-refractivity contribution in [3.8, 4) is 5.75 Å². The molecule has 2 rings (SSSR count). The van der Waals surface area contributed by atoms with Crippen molar-refractivity contribution >= 4 is 55.7 Å². The van der Waals surface area contributed by atoms with E-state index >= 15 is 0 Å². The fourth-order valence-corrected chi connectivity index (χ4v) is 3.92. The lowest BCUT2D eigenvalue weighted by molar-refractivity contribution is -0.118. The van der Waals surface area contributed by atoms with Crippen LogP contribution < -0.4 is 10.1 Å². The van der Waals surface area contributed by atoms with E-state index in [0.29, 0.717) is 25.8 Å². The Bertz CT molecular complexity index is 806. The minimum Gasteiger partial charge on any atom is -0.483 e. The van der Waals surface area contributed by atoms with Crippen LogP contribution in [0.3, 0.4) is 0 Å². The van der Waals surface area contributed by atoms with Gasteiger partial charge in [-0.2, -0.15) is 0 Å². The Balaban J connectivity index is 2.08. The van der Waals surface area contributed by atoms with E-state index in [0.717, 1.165) is 10.4 Å². The summed E-state index contributed by atoms with van der Waals surface area (Å²) in [5.74, 6) is -0.307. The lowest BCUT2D eigenvalue weighted by Gasteiger charge is -2.09. The van der Waals surface area contributed by atoms with Gasteiger partial charge in [-0.25, -0.2) is 4.79 Å². The number of ether oxygens (including phenoxy) is 2. The van der Waals surface area contributed by atoms with Crippen molar-refractivity contribution in [1.29, 1.82) is 0 Å². The number of carbonyl (C=O) groups is 2. The van der Waals surface area contributed by atoms with Crippen LogP contribution in [0.5, 0.6) is 5.75 Å². The summed E-state index contributed by atoms with van der Waals surface area (Å²) in [4.78, 5) is 25.3. The molecule has 1 aromatic heterocycles. The Labute approximate surface area is 163 Å². The van der Waals surface area contributed by atoms with Crippen LogP contribution in [0.1, 0.15) is 27.7 Å². The molecule has 1 heterocycles. The molecule has 2 aromatic rings. The second-order valence-corrected chi connectivity index (χ2v) is 7.63. The highest BCUT2D eigenvalue weighted by Crippen LogP contribution is 2.33. The number of esters is 1. The zero-order valence-electron chi connectivity index (χ0n) is 13.9. The van der Waals surface area contributed by atoms with E-state index in [1.807, 2.05) is 13.8 Å². The SMILES string of the molecule is CCOC(=O)c1c(NC(=O)COc2ccc(Cl)cc2Br)sc(C)c1C. The average molecular weight is 447 g/mol. The van der Waals surface area contributed by atoms with Gasteiger partial charge in [-0.05, 0) is 60.5 Å². The summed E-state index contributed by atoms with van der Waals surface area (Å²) in [6.45, 7) is 5.53. The van der Waals surface area contributed by atoms with Gasteiger partial charge in [0.05, 0.1) is 16.6 Å². The molecule has 1 N–H and O–H groups in total. The van der Waals surface area contributed by atoms with Crippen LogP contribution in [0, 0.1) is 13.8 Å². The van der Waals surface area contributed by atoms with Crippen LogP contribution in [-0.4, -0.2) is 25.1 Å². The molecule has 5 nitrogen and oxygen atoms in total. The maximum absolute atomic E-state index is 12.2. The van der Waals surface area contributed by atoms with Crippen LogP contribution in [0.15, 0.2) is 22.7 Å². The normalized spacial score (nSPS) is 10.4. The molecule has 0 aliphatic carbocycles. The van der Waals surface area contributed by atoms with E-state index in [1.54, 1.807) is 25.1 Å². The first kappa shape index (κ1) is 19.8. The van der Waals surface area contributed by atoms with Crippen molar-refractivity contribution < 1.29 is 19.1 Å². The van der Waals surface area contributed by atoms with Gasteiger partial charge < -0.3 is 14.8 Å². The van der Waals surface area contributed by atoms with Crippen molar-refractivity contribution in [3.63, 3.8) is 0 Å². The van der Waals surface area contributed by atoms with E-state index in [1.165, 1.54) is 11.3 Å². The summed E-state index contributed by atoms with van der Waals surface area (Å²) in [5.41, 5.74) is 1.20. The zero-order chi connectivity index (χ0) is 18.6. The van der Waals surface area contributed by atoms with Crippen LogP contribution in [0.2, 0.25) is 5.02 Å². The molecule has 0 aliphatic heterocycles. The number of amides is 1. The molecule has 0 aliphatic rings. The summed E-state index contributed by atoms with van der Waals surface area (Å²) in [6.07, 6.45) is 0. The number of nitrogens with one attached hydrogen (secondary N) is 1. The van der Waals surface area contributed by atoms with Crippen molar-refractivity contribution in [3.05, 3.63) is 43.7 Å². The Kier molecular flexibility index (Phi) is 6.87. The van der Waals surface area contributed by atoms with E-state index < -0.39 is 5.97 Å². The van der Waals surface area contributed by atoms with Crippen molar-refractivity contribution in [2.45, 2.75) is 20.8 Å². The van der Waals surface area contributed by atoms with Crippen LogP contribution >= 0.6 is 38.9 Å². The van der Waals surface area contributed by atoms with Gasteiger partial charge in [0, 0.05) is 9.90 Å². The van der Waals surface area contributed by atoms with E-state index in [9.17, 15) is 9.59 Å². The van der Waals surface area contributed by atoms with Gasteiger partial charge >= 0.3 is 5.97 Å². The number of aryl methyl sites for hydroxylation is 1. The van der Waals surface area contributed by atoms with Crippen LogP contribution in [0.25, 0.3) is 0 Å². The summed E-state index contributed by atoms with van der Waals surface area (Å²) in [6, 6.07) is 5.02. The maximum atomic E-state index is 12.2. The number of carbonyl (C=O) groups excluding carboxylic acids is 2. The number of hydrogen-bond donors (Lipinski definition) is 1. The fourth-order valence-electron chi connectivity index (χ4n) is 2.06. The molecule has 25 heavy (non-hydrogen) atoms. The quantitative estimate of drug-likeness (QED) is 0.636. The first-order chi connectivity index (χ1) is 11.8. The molecule has 0 saturated heterocycles. The molecule has 134 valence electrons. The van der Waals surface area contributed by atoms with Crippen LogP contribution in [0.4, 0.5) is 5.00 Å². The van der Waals surface area contributed by atoms with Gasteiger partial charge in [0.15, 0.2) is 6.61 Å². The number of rotatable bonds is 6. The summed E-state index contributed by atoms with van der Waals surface area (Å²) in [7, 11) is 0. The van der Waals surface area contributed by atoms with Gasteiger partial charge in [-0.3, -0.25) is 4.79 Å². The second kappa shape index (κ2) is 8.69. The molecule has 0 radical (unpaired) electrons. The van der Waals surface area contributed by atoms with E-state index in [-0.39, 0.29) is 19.1 Å². The van der Waals surface area contributed by atoms with Gasteiger partial charge in [0.1, 0.15) is 10.8 Å². The Hall–Kier alpha value is -1.57. The third-order valence-electron chi connectivity index (χ3n) is 3.37. The lowest BCUT2D eigenvalue weighted by atomic mass is 10.1. The van der Waals surface area contributed by atoms with Crippen molar-refractivity contribution in [2.75, 3.05) is 18.5 Å². The second-order valence-electron chi connectivity index (χ2n) is 5.12. The minimum atomic E-state index is -0.444. The monoisotopic (exact) mass is 445 g/mol. The van der Waals surface area contributed by atoms with E-state index in [4.69, 9.17) is 21.1 Å². The summed E-state index contributed by atoms with van der Waals surface area (Å²) < 4.78 is 11.2. The molecule has 8 heteroatoms. The Morgan fingerprint density at radius 2 is 2.04 bits per heavy atom. The summed E-state index contributed by atoms with van der Waals surface area (Å²) in [5, 5.41) is 3.76. The molecule has 0 saturated carbocycles. The molecule has 0 fully saturated rings. The maximum Gasteiger partial charge on any atom is 0.341 e. The predicted molar refractivity (Wildman–Crippen MR) is 103 cm³/mol. The average Bonchev–Trinajstić information content (AvgIpc) is 2.81. The zero-order valence-corrected chi connectivity index (χ0v) is 17.1. The highest BCUT2D eigenvalue weighted by molar-refractivity contribution is 9.10. The number of halogens is 2. The number of thiophene rings is 1. The predicted octanol–water partition coefficient (Wildman–Crippen LogP) is 4.98. The highest BCUT2D eigenvalue weighted by atomic mass is 79.9. The van der Waals surface area contributed by atoms with Crippen molar-refractivity contribution in [1.82, 2.24) is 0 Å². The lowest BCUT2D eigenvalue weighted by Crippen LogP contribution is -2.21. The molecule has 1 aromatic carbocycles. The van der Waals surface area contributed by atoms with E-state index in [2.05, 4.69) is 21.2 Å². The standard InChI is InChI=1S/C17H17BrClNO4S/c1-4-23-17(22)15-9(2)10(3)25-16(15)20-14(21)8-24-13-6-5-11(19)7-12(13)18/h5-7H,4,8H2,1-3H3,(H,20,21). The molecule has 0 atom stereocenters. The smallest absolute Gasteiger partial charge is 0.341 e. The van der Waals surface area contributed by atoms with Gasteiger partial charge in [-0.15, -0.1) is 11.3 Å². The number of benzene rings is 1. The van der Waals surface area contributed by atoms with Gasteiger partial charge in [0.2, 0.25) is 0 Å². The third kappa shape index (κ3) is 4.96. The topological polar surface area (TPSA) is 64.6 Å². The number of anilines is 1. The largest absolute Gasteiger partial charge is 0.483 e. The van der Waals surface area contributed by atoms with Crippen LogP contribution in [-0.2, 0) is 9.53 Å². The van der Waals surface area contributed by atoms with Gasteiger partial charge in [-0.1, -0.05) is 11.6 Å². The fraction of sp³-hybridized carbons (Fsp3) is 0.294. The molecule has 0 unspecified atom stereocenters. The molecule has 0 spiro atoms. The molecule has 0 bridgehead atoms. The Morgan fingerprint density at radius 1 is 1.32 bits per heavy atom. The third-order valence-corrected chi connectivity index (χ3v) is 5.35.